The third-order valence-corrected chi connectivity index (χ3v) is 3.73. The normalized spacial score (nSPS) is 21.5. The second kappa shape index (κ2) is 4.86. The molecule has 0 unspecified atom stereocenters. The van der Waals surface area contributed by atoms with E-state index in [1.165, 1.54) is 32.1 Å². The maximum Gasteiger partial charge on any atom is 0.319 e. The number of carbonyl (C=O) groups is 1. The molecule has 0 bridgehead atoms. The number of rotatable bonds is 3. The number of nitrogens with zero attached hydrogens (tertiary/aromatic N) is 2. The van der Waals surface area contributed by atoms with Crippen molar-refractivity contribution in [1.82, 2.24) is 9.80 Å². The van der Waals surface area contributed by atoms with Crippen molar-refractivity contribution in [2.75, 3.05) is 26.2 Å². The van der Waals surface area contributed by atoms with E-state index in [9.17, 15) is 4.79 Å². The molecule has 3 nitrogen and oxygen atoms in total. The SMILES string of the molecule is CCN(CC1CCC1)C(=O)N1CCCC1. The average molecular weight is 210 g/mol. The lowest BCUT2D eigenvalue weighted by Gasteiger charge is -2.34. The molecule has 3 heteroatoms. The highest BCUT2D eigenvalue weighted by Crippen LogP contribution is 2.27. The van der Waals surface area contributed by atoms with Crippen LogP contribution in [0.5, 0.6) is 0 Å². The summed E-state index contributed by atoms with van der Waals surface area (Å²) in [4.78, 5) is 16.2. The Hall–Kier alpha value is -0.730. The summed E-state index contributed by atoms with van der Waals surface area (Å²) in [6.45, 7) is 5.89. The zero-order valence-electron chi connectivity index (χ0n) is 9.74. The van der Waals surface area contributed by atoms with Crippen LogP contribution in [0.2, 0.25) is 0 Å². The molecule has 86 valence electrons. The van der Waals surface area contributed by atoms with E-state index in [0.29, 0.717) is 0 Å². The molecule has 2 fully saturated rings. The van der Waals surface area contributed by atoms with E-state index >= 15 is 0 Å². The summed E-state index contributed by atoms with van der Waals surface area (Å²) >= 11 is 0. The predicted molar refractivity (Wildman–Crippen MR) is 60.8 cm³/mol. The van der Waals surface area contributed by atoms with Crippen molar-refractivity contribution in [1.29, 1.82) is 0 Å². The van der Waals surface area contributed by atoms with Crippen molar-refractivity contribution < 1.29 is 4.79 Å². The molecule has 0 aromatic carbocycles. The van der Waals surface area contributed by atoms with E-state index in [1.807, 2.05) is 9.80 Å². The van der Waals surface area contributed by atoms with Gasteiger partial charge in [-0.15, -0.1) is 0 Å². The second-order valence-electron chi connectivity index (χ2n) is 4.81. The van der Waals surface area contributed by atoms with E-state index in [0.717, 1.165) is 32.1 Å². The summed E-state index contributed by atoms with van der Waals surface area (Å²) in [5, 5.41) is 0. The fourth-order valence-electron chi connectivity index (χ4n) is 2.44. The van der Waals surface area contributed by atoms with Crippen molar-refractivity contribution in [2.24, 2.45) is 5.92 Å². The number of urea groups is 1. The Labute approximate surface area is 92.4 Å². The lowest BCUT2D eigenvalue weighted by molar-refractivity contribution is 0.142. The van der Waals surface area contributed by atoms with Gasteiger partial charge in [-0.2, -0.15) is 0 Å². The van der Waals surface area contributed by atoms with Gasteiger partial charge in [-0.1, -0.05) is 6.42 Å². The highest BCUT2D eigenvalue weighted by Gasteiger charge is 2.26. The van der Waals surface area contributed by atoms with Crippen LogP contribution in [-0.4, -0.2) is 42.0 Å². The maximum atomic E-state index is 12.1. The number of likely N-dealkylation sites (tertiary alicyclic amines) is 1. The van der Waals surface area contributed by atoms with Gasteiger partial charge < -0.3 is 9.80 Å². The van der Waals surface area contributed by atoms with Crippen LogP contribution in [0.1, 0.15) is 39.0 Å². The van der Waals surface area contributed by atoms with Gasteiger partial charge in [-0.05, 0) is 38.5 Å². The van der Waals surface area contributed by atoms with Gasteiger partial charge in [0.1, 0.15) is 0 Å². The molecule has 1 heterocycles. The molecule has 1 aliphatic carbocycles. The van der Waals surface area contributed by atoms with Crippen molar-refractivity contribution in [3.8, 4) is 0 Å². The molecule has 0 radical (unpaired) electrons. The molecule has 1 aliphatic heterocycles. The number of hydrogen-bond acceptors (Lipinski definition) is 1. The topological polar surface area (TPSA) is 23.6 Å². The van der Waals surface area contributed by atoms with Crippen molar-refractivity contribution in [2.45, 2.75) is 39.0 Å². The summed E-state index contributed by atoms with van der Waals surface area (Å²) in [5.74, 6) is 0.788. The first-order valence-corrected chi connectivity index (χ1v) is 6.35. The summed E-state index contributed by atoms with van der Waals surface area (Å²) < 4.78 is 0. The molecule has 2 rings (SSSR count). The Kier molecular flexibility index (Phi) is 3.49. The highest BCUT2D eigenvalue weighted by molar-refractivity contribution is 5.74. The monoisotopic (exact) mass is 210 g/mol. The second-order valence-corrected chi connectivity index (χ2v) is 4.81. The molecule has 2 aliphatic rings. The van der Waals surface area contributed by atoms with Crippen LogP contribution in [0.25, 0.3) is 0 Å². The Bertz CT molecular complexity index is 220. The predicted octanol–water partition coefficient (Wildman–Crippen LogP) is 2.32. The van der Waals surface area contributed by atoms with Crippen LogP contribution < -0.4 is 0 Å². The van der Waals surface area contributed by atoms with Crippen molar-refractivity contribution in [3.05, 3.63) is 0 Å². The first-order valence-electron chi connectivity index (χ1n) is 6.35. The minimum absolute atomic E-state index is 0.280. The van der Waals surface area contributed by atoms with Crippen LogP contribution in [0.3, 0.4) is 0 Å². The van der Waals surface area contributed by atoms with Crippen LogP contribution in [0.15, 0.2) is 0 Å². The molecule has 15 heavy (non-hydrogen) atoms. The fraction of sp³-hybridized carbons (Fsp3) is 0.917. The molecule has 0 spiro atoms. The van der Waals surface area contributed by atoms with E-state index in [4.69, 9.17) is 0 Å². The first-order chi connectivity index (χ1) is 7.31. The Morgan fingerprint density at radius 1 is 1.27 bits per heavy atom. The van der Waals surface area contributed by atoms with Crippen LogP contribution in [0, 0.1) is 5.92 Å². The average Bonchev–Trinajstić information content (AvgIpc) is 2.68. The third-order valence-electron chi connectivity index (χ3n) is 3.73. The molecule has 0 aromatic rings. The van der Waals surface area contributed by atoms with E-state index in [-0.39, 0.29) is 6.03 Å². The van der Waals surface area contributed by atoms with Crippen LogP contribution in [-0.2, 0) is 0 Å². The lowest BCUT2D eigenvalue weighted by Crippen LogP contribution is -2.44. The Morgan fingerprint density at radius 3 is 2.40 bits per heavy atom. The van der Waals surface area contributed by atoms with Gasteiger partial charge in [0.25, 0.3) is 0 Å². The minimum atomic E-state index is 0.280. The van der Waals surface area contributed by atoms with E-state index < -0.39 is 0 Å². The van der Waals surface area contributed by atoms with Gasteiger partial charge in [-0.3, -0.25) is 0 Å². The number of amides is 2. The zero-order chi connectivity index (χ0) is 10.7. The first kappa shape index (κ1) is 10.8. The van der Waals surface area contributed by atoms with Gasteiger partial charge in [0.15, 0.2) is 0 Å². The Balaban J connectivity index is 1.83. The highest BCUT2D eigenvalue weighted by atomic mass is 16.2. The van der Waals surface area contributed by atoms with Crippen LogP contribution in [0.4, 0.5) is 4.79 Å². The van der Waals surface area contributed by atoms with Crippen molar-refractivity contribution in [3.63, 3.8) is 0 Å². The number of hydrogen-bond donors (Lipinski definition) is 0. The quantitative estimate of drug-likeness (QED) is 0.701. The van der Waals surface area contributed by atoms with E-state index in [1.54, 1.807) is 0 Å². The third kappa shape index (κ3) is 2.44. The fourth-order valence-corrected chi connectivity index (χ4v) is 2.44. The number of carbonyl (C=O) groups excluding carboxylic acids is 1. The maximum absolute atomic E-state index is 12.1. The summed E-state index contributed by atoms with van der Waals surface area (Å²) in [6.07, 6.45) is 6.38. The standard InChI is InChI=1S/C12H22N2O/c1-2-13(10-11-6-5-7-11)12(15)14-8-3-4-9-14/h11H,2-10H2,1H3. The summed E-state index contributed by atoms with van der Waals surface area (Å²) in [6, 6.07) is 0.280. The molecule has 1 saturated carbocycles. The largest absolute Gasteiger partial charge is 0.325 e. The lowest BCUT2D eigenvalue weighted by atomic mass is 9.85. The summed E-state index contributed by atoms with van der Waals surface area (Å²) in [5.41, 5.74) is 0. The zero-order valence-corrected chi connectivity index (χ0v) is 9.74. The molecular formula is C12H22N2O. The van der Waals surface area contributed by atoms with Gasteiger partial charge in [0.2, 0.25) is 0 Å². The van der Waals surface area contributed by atoms with Crippen molar-refractivity contribution >= 4 is 6.03 Å². The van der Waals surface area contributed by atoms with Crippen LogP contribution >= 0.6 is 0 Å². The molecule has 0 N–H and O–H groups in total. The molecule has 0 aromatic heterocycles. The van der Waals surface area contributed by atoms with Gasteiger partial charge >= 0.3 is 6.03 Å². The van der Waals surface area contributed by atoms with Gasteiger partial charge in [-0.25, -0.2) is 4.79 Å². The molecular weight excluding hydrogens is 188 g/mol. The van der Waals surface area contributed by atoms with Gasteiger partial charge in [0.05, 0.1) is 0 Å². The smallest absolute Gasteiger partial charge is 0.319 e. The van der Waals surface area contributed by atoms with Gasteiger partial charge in [0, 0.05) is 26.2 Å². The molecule has 0 atom stereocenters. The van der Waals surface area contributed by atoms with E-state index in [2.05, 4.69) is 6.92 Å². The minimum Gasteiger partial charge on any atom is -0.325 e. The summed E-state index contributed by atoms with van der Waals surface area (Å²) in [7, 11) is 0. The molecule has 2 amide bonds. The Morgan fingerprint density at radius 2 is 1.93 bits per heavy atom. The molecule has 1 saturated heterocycles.